The van der Waals surface area contributed by atoms with E-state index < -0.39 is 0 Å². The number of fused-ring (bicyclic) bond motifs is 4. The number of hydrogen-bond donors (Lipinski definition) is 0. The summed E-state index contributed by atoms with van der Waals surface area (Å²) in [7, 11) is 3.92. The van der Waals surface area contributed by atoms with E-state index in [4.69, 9.17) is 8.83 Å². The van der Waals surface area contributed by atoms with Gasteiger partial charge in [-0.05, 0) is 37.1 Å². The minimum Gasteiger partial charge on any atom is -0.455 e. The van der Waals surface area contributed by atoms with Crippen molar-refractivity contribution in [2.45, 2.75) is 39.5 Å². The van der Waals surface area contributed by atoms with Crippen molar-refractivity contribution in [1.29, 1.82) is 0 Å². The molecule has 2 aromatic heterocycles. The van der Waals surface area contributed by atoms with Crippen LogP contribution in [0, 0.1) is 0 Å². The maximum atomic E-state index is 12.7. The highest BCUT2D eigenvalue weighted by Crippen LogP contribution is 2.29. The Labute approximate surface area is 182 Å². The lowest BCUT2D eigenvalue weighted by molar-refractivity contribution is 0.563. The maximum absolute atomic E-state index is 12.7. The van der Waals surface area contributed by atoms with Gasteiger partial charge in [-0.1, -0.05) is 26.7 Å². The predicted molar refractivity (Wildman–Crippen MR) is 129 cm³/mol. The summed E-state index contributed by atoms with van der Waals surface area (Å²) in [6.45, 7) is 6.52. The molecular weight excluding hydrogens is 388 g/mol. The molecule has 162 valence electrons. The first-order valence-electron chi connectivity index (χ1n) is 11.2. The van der Waals surface area contributed by atoms with E-state index in [0.717, 1.165) is 47.6 Å². The molecule has 0 saturated heterocycles. The smallest absolute Gasteiger partial charge is 0.347 e. The number of hydrogen-bond acceptors (Lipinski definition) is 4. The van der Waals surface area contributed by atoms with Crippen LogP contribution in [-0.4, -0.2) is 27.2 Å². The maximum Gasteiger partial charge on any atom is 0.347 e. The highest BCUT2D eigenvalue weighted by Gasteiger charge is 2.14. The van der Waals surface area contributed by atoms with Gasteiger partial charge in [-0.15, -0.1) is 0 Å². The topological polar surface area (TPSA) is 49.6 Å². The molecule has 0 saturated carbocycles. The molecular formula is C26H31N2O3+. The third-order valence-electron chi connectivity index (χ3n) is 5.83. The van der Waals surface area contributed by atoms with Gasteiger partial charge >= 0.3 is 5.63 Å². The zero-order valence-corrected chi connectivity index (χ0v) is 18.9. The average molecular weight is 420 g/mol. The van der Waals surface area contributed by atoms with Gasteiger partial charge in [-0.25, -0.2) is 9.37 Å². The number of unbranched alkanes of at least 4 members (excludes halogenated alkanes) is 2. The Bertz CT molecular complexity index is 1350. The van der Waals surface area contributed by atoms with Crippen LogP contribution in [0.25, 0.3) is 32.9 Å². The Morgan fingerprint density at radius 2 is 1.58 bits per heavy atom. The molecule has 0 N–H and O–H groups in total. The molecule has 0 radical (unpaired) electrons. The molecule has 31 heavy (non-hydrogen) atoms. The van der Waals surface area contributed by atoms with Crippen LogP contribution in [0.3, 0.4) is 0 Å². The molecule has 4 rings (SSSR count). The molecule has 5 nitrogen and oxygen atoms in total. The highest BCUT2D eigenvalue weighted by atomic mass is 16.4. The van der Waals surface area contributed by atoms with Crippen LogP contribution in [0.2, 0.25) is 0 Å². The van der Waals surface area contributed by atoms with Crippen molar-refractivity contribution in [2.75, 3.05) is 32.1 Å². The van der Waals surface area contributed by atoms with Crippen molar-refractivity contribution in [3.8, 4) is 0 Å². The second-order valence-electron chi connectivity index (χ2n) is 8.37. The first kappa shape index (κ1) is 21.2. The number of rotatable bonds is 7. The largest absolute Gasteiger partial charge is 0.455 e. The van der Waals surface area contributed by atoms with Gasteiger partial charge < -0.3 is 13.7 Å². The fourth-order valence-electron chi connectivity index (χ4n) is 3.95. The van der Waals surface area contributed by atoms with Crippen LogP contribution in [0.1, 0.15) is 39.5 Å². The molecule has 4 aromatic rings. The Hall–Kier alpha value is -3.08. The van der Waals surface area contributed by atoms with E-state index in [-0.39, 0.29) is 5.63 Å². The van der Waals surface area contributed by atoms with Crippen molar-refractivity contribution < 1.29 is 8.83 Å². The summed E-state index contributed by atoms with van der Waals surface area (Å²) in [5.41, 5.74) is 2.69. The fraction of sp³-hybridized carbons (Fsp3) is 0.385. The van der Waals surface area contributed by atoms with E-state index in [9.17, 15) is 4.79 Å². The minimum absolute atomic E-state index is 0.374. The molecule has 0 fully saturated rings. The predicted octanol–water partition coefficient (Wildman–Crippen LogP) is 5.13. The first-order chi connectivity index (χ1) is 15.0. The van der Waals surface area contributed by atoms with E-state index in [0.29, 0.717) is 16.6 Å². The molecule has 0 amide bonds. The summed E-state index contributed by atoms with van der Waals surface area (Å²) in [5.74, 6) is 0. The zero-order chi connectivity index (χ0) is 22.0. The molecule has 2 aromatic carbocycles. The average Bonchev–Trinajstić information content (AvgIpc) is 2.77. The van der Waals surface area contributed by atoms with Gasteiger partial charge in [0.25, 0.3) is 0 Å². The third kappa shape index (κ3) is 4.22. The first-order valence-corrected chi connectivity index (χ1v) is 11.2. The monoisotopic (exact) mass is 419 g/mol. The zero-order valence-electron chi connectivity index (χ0n) is 18.9. The summed E-state index contributed by atoms with van der Waals surface area (Å²) in [6.07, 6.45) is 4.66. The van der Waals surface area contributed by atoms with Crippen LogP contribution >= 0.6 is 0 Å². The van der Waals surface area contributed by atoms with Gasteiger partial charge in [0, 0.05) is 36.3 Å². The second-order valence-corrected chi connectivity index (χ2v) is 8.37. The molecule has 0 atom stereocenters. The lowest BCUT2D eigenvalue weighted by atomic mass is 10.1. The third-order valence-corrected chi connectivity index (χ3v) is 5.83. The summed E-state index contributed by atoms with van der Waals surface area (Å²) in [4.78, 5) is 15.1. The van der Waals surface area contributed by atoms with Gasteiger partial charge in [-0.2, -0.15) is 0 Å². The summed E-state index contributed by atoms with van der Waals surface area (Å²) in [5, 5.41) is 3.15. The van der Waals surface area contributed by atoms with Crippen LogP contribution in [0.5, 0.6) is 0 Å². The quantitative estimate of drug-likeness (QED) is 0.180. The van der Waals surface area contributed by atoms with E-state index in [1.807, 2.05) is 49.0 Å². The Balaban J connectivity index is 1.90. The van der Waals surface area contributed by atoms with E-state index in [1.54, 1.807) is 0 Å². The Morgan fingerprint density at radius 1 is 0.839 bits per heavy atom. The molecule has 2 heterocycles. The van der Waals surface area contributed by atoms with Crippen molar-refractivity contribution >= 4 is 38.6 Å². The number of anilines is 1. The van der Waals surface area contributed by atoms with Gasteiger partial charge in [0.2, 0.25) is 5.36 Å². The lowest BCUT2D eigenvalue weighted by Gasteiger charge is -2.25. The van der Waals surface area contributed by atoms with Gasteiger partial charge in [-0.3, -0.25) is 0 Å². The molecule has 0 unspecified atom stereocenters. The molecule has 0 aliphatic rings. The van der Waals surface area contributed by atoms with Crippen molar-refractivity contribution in [3.63, 3.8) is 0 Å². The second kappa shape index (κ2) is 8.96. The standard InChI is InChI=1S/C26H31N2O3/c1-5-7-13-28(14-8-6-2)20-10-9-18-15-22-25(30-23(18)17-20)21-12-11-19(27(3)4)16-24(21)31-26(22)29/h9-12,15-17H,5-8,13-14H2,1-4H3/q+1. The molecule has 5 heteroatoms. The van der Waals surface area contributed by atoms with Gasteiger partial charge in [0.05, 0.1) is 11.5 Å². The van der Waals surface area contributed by atoms with Crippen molar-refractivity contribution in [2.24, 2.45) is 0 Å². The van der Waals surface area contributed by atoms with E-state index >= 15 is 0 Å². The SMILES string of the molecule is CCCCN(CCCC)c1ccc2cc3c(=O)oc4cc(=[N+](C)C)ccc4c3oc2c1. The van der Waals surface area contributed by atoms with Crippen LogP contribution in [0.4, 0.5) is 5.69 Å². The van der Waals surface area contributed by atoms with Gasteiger partial charge in [0.15, 0.2) is 5.58 Å². The summed E-state index contributed by atoms with van der Waals surface area (Å²) in [6, 6.07) is 14.0. The Morgan fingerprint density at radius 3 is 2.26 bits per heavy atom. The Kier molecular flexibility index (Phi) is 6.12. The van der Waals surface area contributed by atoms with E-state index in [2.05, 4.69) is 30.9 Å². The molecule has 0 spiro atoms. The molecule has 0 bridgehead atoms. The normalized spacial score (nSPS) is 11.5. The lowest BCUT2D eigenvalue weighted by Crippen LogP contribution is -2.25. The number of benzene rings is 2. The minimum atomic E-state index is -0.374. The van der Waals surface area contributed by atoms with Crippen LogP contribution in [-0.2, 0) is 0 Å². The summed E-state index contributed by atoms with van der Waals surface area (Å²) < 4.78 is 13.9. The van der Waals surface area contributed by atoms with Crippen LogP contribution in [0.15, 0.2) is 56.1 Å². The van der Waals surface area contributed by atoms with Crippen molar-refractivity contribution in [1.82, 2.24) is 4.58 Å². The van der Waals surface area contributed by atoms with E-state index in [1.165, 1.54) is 18.5 Å². The fourth-order valence-corrected chi connectivity index (χ4v) is 3.95. The van der Waals surface area contributed by atoms with Gasteiger partial charge in [0.1, 0.15) is 30.6 Å². The molecule has 0 aliphatic heterocycles. The molecule has 0 aliphatic carbocycles. The number of nitrogens with zero attached hydrogens (tertiary/aromatic N) is 2. The summed E-state index contributed by atoms with van der Waals surface area (Å²) >= 11 is 0. The van der Waals surface area contributed by atoms with Crippen molar-refractivity contribution in [3.05, 3.63) is 58.2 Å². The van der Waals surface area contributed by atoms with Crippen LogP contribution < -0.4 is 20.5 Å². The highest BCUT2D eigenvalue weighted by molar-refractivity contribution is 6.03.